The quantitative estimate of drug-likeness (QED) is 0.798. The number of hydrogen-bond donors (Lipinski definition) is 0. The molecule has 4 heterocycles. The summed E-state index contributed by atoms with van der Waals surface area (Å²) in [5.41, 5.74) is 0.440. The van der Waals surface area contributed by atoms with Crippen LogP contribution in [0.15, 0.2) is 23.7 Å². The summed E-state index contributed by atoms with van der Waals surface area (Å²) in [5.74, 6) is -0.0124. The van der Waals surface area contributed by atoms with Gasteiger partial charge in [-0.1, -0.05) is 11.3 Å². The third-order valence-corrected chi connectivity index (χ3v) is 5.87. The van der Waals surface area contributed by atoms with Gasteiger partial charge in [-0.25, -0.2) is 4.68 Å². The van der Waals surface area contributed by atoms with E-state index in [1.54, 1.807) is 22.2 Å². The van der Waals surface area contributed by atoms with Crippen LogP contribution in [0.2, 0.25) is 0 Å². The first-order chi connectivity index (χ1) is 12.8. The van der Waals surface area contributed by atoms with Crippen LogP contribution in [0.1, 0.15) is 34.6 Å². The van der Waals surface area contributed by atoms with E-state index in [2.05, 4.69) is 32.7 Å². The molecule has 7 nitrogen and oxygen atoms in total. The number of aromatic nitrogens is 3. The SMILES string of the molecule is O=C(c1cn(CC2CCCO2)nn1)N1CCCN(Cc2cccs2)CC1. The largest absolute Gasteiger partial charge is 0.376 e. The number of rotatable bonds is 5. The Kier molecular flexibility index (Phi) is 5.62. The van der Waals surface area contributed by atoms with E-state index in [0.717, 1.165) is 58.6 Å². The van der Waals surface area contributed by atoms with E-state index in [1.165, 1.54) is 4.88 Å². The molecule has 2 aromatic heterocycles. The van der Waals surface area contributed by atoms with Gasteiger partial charge in [0.1, 0.15) is 0 Å². The van der Waals surface area contributed by atoms with Gasteiger partial charge in [0, 0.05) is 44.2 Å². The Labute approximate surface area is 157 Å². The molecule has 4 rings (SSSR count). The smallest absolute Gasteiger partial charge is 0.276 e. The Morgan fingerprint density at radius 1 is 1.27 bits per heavy atom. The minimum Gasteiger partial charge on any atom is -0.376 e. The van der Waals surface area contributed by atoms with Crippen molar-refractivity contribution in [1.29, 1.82) is 0 Å². The molecule has 1 atom stereocenters. The summed E-state index contributed by atoms with van der Waals surface area (Å²) in [4.78, 5) is 18.5. The molecule has 2 aliphatic heterocycles. The Morgan fingerprint density at radius 2 is 2.23 bits per heavy atom. The normalized spacial score (nSPS) is 21.8. The fourth-order valence-electron chi connectivity index (χ4n) is 3.60. The van der Waals surface area contributed by atoms with Gasteiger partial charge in [0.15, 0.2) is 5.69 Å². The van der Waals surface area contributed by atoms with Gasteiger partial charge in [-0.3, -0.25) is 9.69 Å². The molecule has 1 amide bonds. The van der Waals surface area contributed by atoms with Gasteiger partial charge < -0.3 is 9.64 Å². The highest BCUT2D eigenvalue weighted by Gasteiger charge is 2.23. The molecule has 1 unspecified atom stereocenters. The molecular formula is C18H25N5O2S. The predicted octanol–water partition coefficient (Wildman–Crippen LogP) is 1.87. The van der Waals surface area contributed by atoms with Crippen LogP contribution in [0.25, 0.3) is 0 Å². The van der Waals surface area contributed by atoms with E-state index in [-0.39, 0.29) is 12.0 Å². The Hall–Kier alpha value is -1.77. The summed E-state index contributed by atoms with van der Waals surface area (Å²) in [6.07, 6.45) is 5.10. The summed E-state index contributed by atoms with van der Waals surface area (Å²) in [6.45, 7) is 5.90. The van der Waals surface area contributed by atoms with Gasteiger partial charge in [0.2, 0.25) is 0 Å². The third kappa shape index (κ3) is 4.31. The van der Waals surface area contributed by atoms with Crippen LogP contribution >= 0.6 is 11.3 Å². The summed E-state index contributed by atoms with van der Waals surface area (Å²) >= 11 is 1.79. The molecule has 0 saturated carbocycles. The van der Waals surface area contributed by atoms with Crippen molar-refractivity contribution in [2.45, 2.75) is 38.5 Å². The van der Waals surface area contributed by atoms with Crippen LogP contribution in [-0.2, 0) is 17.8 Å². The molecule has 140 valence electrons. The van der Waals surface area contributed by atoms with Crippen LogP contribution in [0.3, 0.4) is 0 Å². The first-order valence-corrected chi connectivity index (χ1v) is 10.2. The molecule has 0 aromatic carbocycles. The van der Waals surface area contributed by atoms with Crippen molar-refractivity contribution >= 4 is 17.2 Å². The van der Waals surface area contributed by atoms with E-state index < -0.39 is 0 Å². The van der Waals surface area contributed by atoms with E-state index >= 15 is 0 Å². The highest BCUT2D eigenvalue weighted by molar-refractivity contribution is 7.09. The standard InChI is InChI=1S/C18H25N5O2S/c24-18(17-14-23(20-19-17)12-15-4-1-10-25-15)22-7-3-6-21(8-9-22)13-16-5-2-11-26-16/h2,5,11,14-15H,1,3-4,6-10,12-13H2. The van der Waals surface area contributed by atoms with Crippen LogP contribution in [-0.4, -0.2) is 69.6 Å². The van der Waals surface area contributed by atoms with E-state index in [1.807, 2.05) is 4.90 Å². The van der Waals surface area contributed by atoms with Gasteiger partial charge >= 0.3 is 0 Å². The molecule has 0 radical (unpaired) electrons. The Morgan fingerprint density at radius 3 is 3.04 bits per heavy atom. The lowest BCUT2D eigenvalue weighted by molar-refractivity contribution is 0.0754. The Bertz CT molecular complexity index is 711. The predicted molar refractivity (Wildman–Crippen MR) is 99.1 cm³/mol. The van der Waals surface area contributed by atoms with Crippen molar-refractivity contribution < 1.29 is 9.53 Å². The molecule has 0 bridgehead atoms. The number of hydrogen-bond acceptors (Lipinski definition) is 6. The van der Waals surface area contributed by atoms with Gasteiger partial charge in [-0.15, -0.1) is 16.4 Å². The maximum Gasteiger partial charge on any atom is 0.276 e. The lowest BCUT2D eigenvalue weighted by atomic mass is 10.2. The maximum atomic E-state index is 12.8. The number of thiophene rings is 1. The molecule has 2 aliphatic rings. The van der Waals surface area contributed by atoms with E-state index in [4.69, 9.17) is 4.74 Å². The first kappa shape index (κ1) is 17.6. The molecule has 0 spiro atoms. The van der Waals surface area contributed by atoms with Gasteiger partial charge in [-0.05, 0) is 30.7 Å². The van der Waals surface area contributed by atoms with Crippen LogP contribution < -0.4 is 0 Å². The zero-order valence-corrected chi connectivity index (χ0v) is 15.7. The van der Waals surface area contributed by atoms with E-state index in [0.29, 0.717) is 12.2 Å². The van der Waals surface area contributed by atoms with Crippen LogP contribution in [0.4, 0.5) is 0 Å². The fourth-order valence-corrected chi connectivity index (χ4v) is 4.35. The second-order valence-electron chi connectivity index (χ2n) is 6.96. The Balaban J connectivity index is 1.32. The van der Waals surface area contributed by atoms with Gasteiger partial charge in [0.25, 0.3) is 5.91 Å². The van der Waals surface area contributed by atoms with Crippen molar-refractivity contribution in [3.05, 3.63) is 34.3 Å². The van der Waals surface area contributed by atoms with Gasteiger partial charge in [0.05, 0.1) is 18.8 Å². The fraction of sp³-hybridized carbons (Fsp3) is 0.611. The lowest BCUT2D eigenvalue weighted by Gasteiger charge is -2.20. The number of nitrogens with zero attached hydrogens (tertiary/aromatic N) is 5. The van der Waals surface area contributed by atoms with E-state index in [9.17, 15) is 4.79 Å². The average molecular weight is 375 g/mol. The molecule has 0 aliphatic carbocycles. The lowest BCUT2D eigenvalue weighted by Crippen LogP contribution is -2.35. The average Bonchev–Trinajstić information content (AvgIpc) is 3.38. The van der Waals surface area contributed by atoms with Gasteiger partial charge in [-0.2, -0.15) is 0 Å². The van der Waals surface area contributed by atoms with Crippen molar-refractivity contribution in [2.24, 2.45) is 0 Å². The number of carbonyl (C=O) groups is 1. The topological polar surface area (TPSA) is 63.5 Å². The van der Waals surface area contributed by atoms with Crippen molar-refractivity contribution in [2.75, 3.05) is 32.8 Å². The monoisotopic (exact) mass is 375 g/mol. The minimum atomic E-state index is -0.0124. The summed E-state index contributed by atoms with van der Waals surface area (Å²) < 4.78 is 7.37. The molecule has 0 N–H and O–H groups in total. The van der Waals surface area contributed by atoms with Crippen molar-refractivity contribution in [3.63, 3.8) is 0 Å². The van der Waals surface area contributed by atoms with Crippen LogP contribution in [0, 0.1) is 0 Å². The second-order valence-corrected chi connectivity index (χ2v) is 7.99. The highest BCUT2D eigenvalue weighted by atomic mass is 32.1. The first-order valence-electron chi connectivity index (χ1n) is 9.34. The molecule has 2 fully saturated rings. The zero-order chi connectivity index (χ0) is 17.8. The summed E-state index contributed by atoms with van der Waals surface area (Å²) in [5, 5.41) is 10.3. The zero-order valence-electron chi connectivity index (χ0n) is 14.9. The second kappa shape index (κ2) is 8.28. The van der Waals surface area contributed by atoms with Crippen molar-refractivity contribution in [3.8, 4) is 0 Å². The molecule has 2 aromatic rings. The minimum absolute atomic E-state index is 0.0124. The maximum absolute atomic E-state index is 12.8. The molecule has 2 saturated heterocycles. The highest BCUT2D eigenvalue weighted by Crippen LogP contribution is 2.16. The number of carbonyl (C=O) groups excluding carboxylic acids is 1. The summed E-state index contributed by atoms with van der Waals surface area (Å²) in [6, 6.07) is 4.26. The molecule has 26 heavy (non-hydrogen) atoms. The number of ether oxygens (including phenoxy) is 1. The molecular weight excluding hydrogens is 350 g/mol. The summed E-state index contributed by atoms with van der Waals surface area (Å²) in [7, 11) is 0. The number of amides is 1. The third-order valence-electron chi connectivity index (χ3n) is 5.01. The van der Waals surface area contributed by atoms with Crippen LogP contribution in [0.5, 0.6) is 0 Å². The van der Waals surface area contributed by atoms with Crippen molar-refractivity contribution in [1.82, 2.24) is 24.8 Å². The molecule has 8 heteroatoms.